The average Bonchev–Trinajstić information content (AvgIpc) is 2.54. The highest BCUT2D eigenvalue weighted by atomic mass is 19.1. The zero-order valence-electron chi connectivity index (χ0n) is 13.1. The van der Waals surface area contributed by atoms with Crippen LogP contribution in [0.25, 0.3) is 0 Å². The summed E-state index contributed by atoms with van der Waals surface area (Å²) in [5.41, 5.74) is 2.04. The lowest BCUT2D eigenvalue weighted by Crippen LogP contribution is -2.29. The largest absolute Gasteiger partial charge is 0.467 e. The van der Waals surface area contributed by atoms with Gasteiger partial charge in [0.15, 0.2) is 6.79 Å². The molecule has 1 N–H and O–H groups in total. The number of hydrogen-bond donors (Lipinski definition) is 1. The summed E-state index contributed by atoms with van der Waals surface area (Å²) >= 11 is 0. The van der Waals surface area contributed by atoms with Crippen LogP contribution in [0.1, 0.15) is 29.7 Å². The molecule has 0 saturated carbocycles. The molecule has 2 aromatic rings. The van der Waals surface area contributed by atoms with Gasteiger partial charge in [-0.2, -0.15) is 0 Å². The molecule has 126 valence electrons. The predicted molar refractivity (Wildman–Crippen MR) is 83.3 cm³/mol. The van der Waals surface area contributed by atoms with E-state index in [0.29, 0.717) is 17.9 Å². The van der Waals surface area contributed by atoms with Crippen LogP contribution in [0.4, 0.5) is 8.78 Å². The minimum absolute atomic E-state index is 0.137. The Kier molecular flexibility index (Phi) is 4.76. The summed E-state index contributed by atoms with van der Waals surface area (Å²) in [6.07, 6.45) is 0.137. The monoisotopic (exact) mass is 333 g/mol. The van der Waals surface area contributed by atoms with E-state index in [4.69, 9.17) is 9.47 Å². The Hall–Kier alpha value is -2.47. The molecule has 24 heavy (non-hydrogen) atoms. The summed E-state index contributed by atoms with van der Waals surface area (Å²) in [5.74, 6) is -0.868. The molecule has 3 rings (SSSR count). The van der Waals surface area contributed by atoms with Crippen LogP contribution in [0.5, 0.6) is 5.75 Å². The number of fused-ring (bicyclic) bond motifs is 1. The van der Waals surface area contributed by atoms with Crippen molar-refractivity contribution in [2.75, 3.05) is 6.79 Å². The van der Waals surface area contributed by atoms with E-state index in [9.17, 15) is 13.6 Å². The number of ether oxygens (including phenoxy) is 2. The molecule has 0 aliphatic carbocycles. The van der Waals surface area contributed by atoms with Crippen molar-refractivity contribution in [3.63, 3.8) is 0 Å². The van der Waals surface area contributed by atoms with Crippen LogP contribution in [0.3, 0.4) is 0 Å². The molecule has 1 aliphatic heterocycles. The zero-order chi connectivity index (χ0) is 17.1. The lowest BCUT2D eigenvalue weighted by Gasteiger charge is -2.21. The van der Waals surface area contributed by atoms with Gasteiger partial charge in [0.1, 0.15) is 17.4 Å². The fourth-order valence-corrected chi connectivity index (χ4v) is 2.70. The summed E-state index contributed by atoms with van der Waals surface area (Å²) in [7, 11) is 0. The van der Waals surface area contributed by atoms with Crippen LogP contribution in [-0.2, 0) is 22.6 Å². The van der Waals surface area contributed by atoms with Gasteiger partial charge in [0.25, 0.3) is 0 Å². The molecule has 1 amide bonds. The number of halogens is 2. The first-order chi connectivity index (χ1) is 11.5. The van der Waals surface area contributed by atoms with E-state index < -0.39 is 17.7 Å². The van der Waals surface area contributed by atoms with Crippen molar-refractivity contribution in [1.29, 1.82) is 0 Å². The fourth-order valence-electron chi connectivity index (χ4n) is 2.70. The van der Waals surface area contributed by atoms with Crippen molar-refractivity contribution in [3.05, 3.63) is 64.7 Å². The van der Waals surface area contributed by atoms with Crippen LogP contribution in [0.15, 0.2) is 36.4 Å². The third-order valence-corrected chi connectivity index (χ3v) is 3.89. The second-order valence-corrected chi connectivity index (χ2v) is 5.67. The molecule has 1 heterocycles. The molecule has 0 saturated heterocycles. The van der Waals surface area contributed by atoms with E-state index in [-0.39, 0.29) is 19.1 Å². The van der Waals surface area contributed by atoms with E-state index in [2.05, 4.69) is 5.32 Å². The van der Waals surface area contributed by atoms with Gasteiger partial charge < -0.3 is 14.8 Å². The normalized spacial score (nSPS) is 14.5. The van der Waals surface area contributed by atoms with Crippen molar-refractivity contribution in [2.24, 2.45) is 0 Å². The van der Waals surface area contributed by atoms with Gasteiger partial charge in [-0.05, 0) is 36.2 Å². The summed E-state index contributed by atoms with van der Waals surface area (Å²) in [4.78, 5) is 12.3. The van der Waals surface area contributed by atoms with Crippen LogP contribution >= 0.6 is 0 Å². The smallest absolute Gasteiger partial charge is 0.224 e. The van der Waals surface area contributed by atoms with E-state index in [1.54, 1.807) is 6.92 Å². The maximum absolute atomic E-state index is 13.3. The van der Waals surface area contributed by atoms with Crippen LogP contribution in [0, 0.1) is 11.6 Å². The highest BCUT2D eigenvalue weighted by Crippen LogP contribution is 2.27. The number of carbonyl (C=O) groups excluding carboxylic acids is 1. The van der Waals surface area contributed by atoms with Crippen LogP contribution in [0.2, 0.25) is 0 Å². The predicted octanol–water partition coefficient (Wildman–Crippen LogP) is 3.25. The van der Waals surface area contributed by atoms with Crippen molar-refractivity contribution in [1.82, 2.24) is 5.32 Å². The van der Waals surface area contributed by atoms with Crippen LogP contribution in [-0.4, -0.2) is 12.7 Å². The van der Waals surface area contributed by atoms with Gasteiger partial charge in [-0.1, -0.05) is 12.1 Å². The Bertz CT molecular complexity index is 744. The molecule has 4 nitrogen and oxygen atoms in total. The Morgan fingerprint density at radius 1 is 1.25 bits per heavy atom. The van der Waals surface area contributed by atoms with Gasteiger partial charge in [0.2, 0.25) is 5.91 Å². The quantitative estimate of drug-likeness (QED) is 0.934. The summed E-state index contributed by atoms with van der Waals surface area (Å²) in [6, 6.07) is 8.20. The summed E-state index contributed by atoms with van der Waals surface area (Å²) < 4.78 is 37.2. The molecule has 0 spiro atoms. The molecule has 0 aromatic heterocycles. The van der Waals surface area contributed by atoms with Gasteiger partial charge in [-0.25, -0.2) is 8.78 Å². The van der Waals surface area contributed by atoms with Crippen molar-refractivity contribution in [2.45, 2.75) is 26.0 Å². The SMILES string of the molecule is CC(NC(=O)Cc1cccc2c1COCO2)c1cc(F)cc(F)c1. The van der Waals surface area contributed by atoms with E-state index >= 15 is 0 Å². The highest BCUT2D eigenvalue weighted by molar-refractivity contribution is 5.79. The number of hydrogen-bond acceptors (Lipinski definition) is 3. The van der Waals surface area contributed by atoms with Crippen molar-refractivity contribution < 1.29 is 23.0 Å². The maximum Gasteiger partial charge on any atom is 0.224 e. The standard InChI is InChI=1S/C18H17F2NO3/c1-11(13-5-14(19)8-15(20)6-13)21-18(22)7-12-3-2-4-17-16(12)9-23-10-24-17/h2-6,8,11H,7,9-10H2,1H3,(H,21,22). The first-order valence-corrected chi connectivity index (χ1v) is 7.59. The second-order valence-electron chi connectivity index (χ2n) is 5.67. The summed E-state index contributed by atoms with van der Waals surface area (Å²) in [5, 5.41) is 2.75. The first kappa shape index (κ1) is 16.4. The van der Waals surface area contributed by atoms with E-state index in [1.165, 1.54) is 12.1 Å². The Labute approximate surface area is 138 Å². The maximum atomic E-state index is 13.3. The topological polar surface area (TPSA) is 47.6 Å². The van der Waals surface area contributed by atoms with Crippen LogP contribution < -0.4 is 10.1 Å². The lowest BCUT2D eigenvalue weighted by molar-refractivity contribution is -0.121. The second kappa shape index (κ2) is 6.97. The Morgan fingerprint density at radius 3 is 2.75 bits per heavy atom. The molecule has 1 atom stereocenters. The molecule has 1 aliphatic rings. The average molecular weight is 333 g/mol. The number of benzene rings is 2. The third kappa shape index (κ3) is 3.71. The van der Waals surface area contributed by atoms with Crippen molar-refractivity contribution in [3.8, 4) is 5.75 Å². The Morgan fingerprint density at radius 2 is 2.00 bits per heavy atom. The zero-order valence-corrected chi connectivity index (χ0v) is 13.1. The van der Waals surface area contributed by atoms with Gasteiger partial charge in [0, 0.05) is 11.6 Å². The molecular weight excluding hydrogens is 316 g/mol. The van der Waals surface area contributed by atoms with E-state index in [0.717, 1.165) is 17.2 Å². The first-order valence-electron chi connectivity index (χ1n) is 7.59. The minimum atomic E-state index is -0.669. The molecule has 1 unspecified atom stereocenters. The number of amides is 1. The van der Waals surface area contributed by atoms with Gasteiger partial charge in [-0.15, -0.1) is 0 Å². The summed E-state index contributed by atoms with van der Waals surface area (Å²) in [6.45, 7) is 2.27. The molecule has 0 fully saturated rings. The fraction of sp³-hybridized carbons (Fsp3) is 0.278. The molecule has 6 heteroatoms. The number of carbonyl (C=O) groups is 1. The molecule has 0 bridgehead atoms. The third-order valence-electron chi connectivity index (χ3n) is 3.89. The lowest BCUT2D eigenvalue weighted by atomic mass is 10.0. The highest BCUT2D eigenvalue weighted by Gasteiger charge is 2.18. The van der Waals surface area contributed by atoms with E-state index in [1.807, 2.05) is 18.2 Å². The van der Waals surface area contributed by atoms with Gasteiger partial charge in [-0.3, -0.25) is 4.79 Å². The molecule has 0 radical (unpaired) electrons. The van der Waals surface area contributed by atoms with Crippen molar-refractivity contribution >= 4 is 5.91 Å². The Balaban J connectivity index is 1.69. The molecule has 2 aromatic carbocycles. The van der Waals surface area contributed by atoms with Gasteiger partial charge >= 0.3 is 0 Å². The number of rotatable bonds is 4. The minimum Gasteiger partial charge on any atom is -0.467 e. The molecular formula is C18H17F2NO3. The van der Waals surface area contributed by atoms with Gasteiger partial charge in [0.05, 0.1) is 19.1 Å². The number of nitrogens with one attached hydrogen (secondary N) is 1.